The van der Waals surface area contributed by atoms with Gasteiger partial charge in [0, 0.05) is 16.8 Å². The van der Waals surface area contributed by atoms with Gasteiger partial charge in [-0.05, 0) is 29.7 Å². The van der Waals surface area contributed by atoms with Gasteiger partial charge in [-0.3, -0.25) is 4.79 Å². The maximum absolute atomic E-state index is 12.3. The van der Waals surface area contributed by atoms with Crippen LogP contribution in [0, 0.1) is 0 Å². The summed E-state index contributed by atoms with van der Waals surface area (Å²) in [7, 11) is 1.66. The molecule has 0 spiro atoms. The fourth-order valence-corrected chi connectivity index (χ4v) is 5.00. The quantitative estimate of drug-likeness (QED) is 0.318. The Bertz CT molecular complexity index is 1150. The first-order chi connectivity index (χ1) is 14.7. The predicted octanol–water partition coefficient (Wildman–Crippen LogP) is 4.82. The van der Waals surface area contributed by atoms with E-state index in [0.29, 0.717) is 12.3 Å². The van der Waals surface area contributed by atoms with Gasteiger partial charge in [0.1, 0.15) is 21.9 Å². The van der Waals surface area contributed by atoms with E-state index in [1.807, 2.05) is 42.5 Å². The summed E-state index contributed by atoms with van der Waals surface area (Å²) in [5.41, 5.74) is 2.24. The molecule has 5 nitrogen and oxygen atoms in total. The lowest BCUT2D eigenvalue weighted by Gasteiger charge is -2.09. The summed E-state index contributed by atoms with van der Waals surface area (Å²) >= 11 is 3.08. The molecule has 1 amide bonds. The molecule has 0 unspecified atom stereocenters. The van der Waals surface area contributed by atoms with Crippen molar-refractivity contribution in [2.75, 3.05) is 19.4 Å². The largest absolute Gasteiger partial charge is 0.496 e. The Morgan fingerprint density at radius 1 is 1.10 bits per heavy atom. The Kier molecular flexibility index (Phi) is 6.61. The van der Waals surface area contributed by atoms with E-state index in [1.54, 1.807) is 24.8 Å². The lowest BCUT2D eigenvalue weighted by Crippen LogP contribution is -2.27. The fourth-order valence-electron chi connectivity index (χ4n) is 3.12. The molecule has 7 heteroatoms. The number of amides is 1. The molecular formula is C23H21N3O2S2. The maximum Gasteiger partial charge on any atom is 0.230 e. The molecular weight excluding hydrogens is 414 g/mol. The third-order valence-corrected chi connectivity index (χ3v) is 6.70. The van der Waals surface area contributed by atoms with Gasteiger partial charge in [0.15, 0.2) is 0 Å². The topological polar surface area (TPSA) is 64.1 Å². The Balaban J connectivity index is 1.36. The van der Waals surface area contributed by atoms with Crippen molar-refractivity contribution in [1.82, 2.24) is 15.3 Å². The van der Waals surface area contributed by atoms with Crippen molar-refractivity contribution in [2.45, 2.75) is 11.4 Å². The van der Waals surface area contributed by atoms with Gasteiger partial charge in [-0.25, -0.2) is 9.97 Å². The molecule has 2 aromatic heterocycles. The molecule has 2 heterocycles. The number of aromatic nitrogens is 2. The summed E-state index contributed by atoms with van der Waals surface area (Å²) in [6.07, 6.45) is 2.29. The molecule has 0 aliphatic carbocycles. The van der Waals surface area contributed by atoms with Crippen molar-refractivity contribution in [3.8, 4) is 16.2 Å². The van der Waals surface area contributed by atoms with E-state index in [4.69, 9.17) is 4.74 Å². The summed E-state index contributed by atoms with van der Waals surface area (Å²) in [6.45, 7) is 0.565. The predicted molar refractivity (Wildman–Crippen MR) is 123 cm³/mol. The highest BCUT2D eigenvalue weighted by Gasteiger charge is 2.12. The third kappa shape index (κ3) is 4.80. The van der Waals surface area contributed by atoms with Gasteiger partial charge in [0.2, 0.25) is 5.91 Å². The van der Waals surface area contributed by atoms with Gasteiger partial charge in [0.25, 0.3) is 0 Å². The van der Waals surface area contributed by atoms with E-state index in [2.05, 4.69) is 33.5 Å². The highest BCUT2D eigenvalue weighted by atomic mass is 32.2. The SMILES string of the molecule is COc1ccccc1CCNC(=O)CSc1ncnc2sc(-c3ccccc3)cc12. The molecule has 152 valence electrons. The Morgan fingerprint density at radius 3 is 2.73 bits per heavy atom. The minimum Gasteiger partial charge on any atom is -0.496 e. The standard InChI is InChI=1S/C23H21N3O2S2/c1-28-19-10-6-5-7-16(19)11-12-24-21(27)14-29-22-18-13-20(17-8-3-2-4-9-17)30-23(18)26-15-25-22/h2-10,13,15H,11-12,14H2,1H3,(H,24,27). The van der Waals surface area contributed by atoms with Crippen molar-refractivity contribution in [3.63, 3.8) is 0 Å². The van der Waals surface area contributed by atoms with E-state index >= 15 is 0 Å². The summed E-state index contributed by atoms with van der Waals surface area (Å²) in [6, 6.07) is 20.2. The van der Waals surface area contributed by atoms with Crippen LogP contribution in [0.3, 0.4) is 0 Å². The van der Waals surface area contributed by atoms with E-state index in [0.717, 1.165) is 43.4 Å². The molecule has 0 radical (unpaired) electrons. The Morgan fingerprint density at radius 2 is 1.90 bits per heavy atom. The fraction of sp³-hybridized carbons (Fsp3) is 0.174. The monoisotopic (exact) mass is 435 g/mol. The second-order valence-electron chi connectivity index (χ2n) is 6.57. The molecule has 0 aliphatic rings. The second-order valence-corrected chi connectivity index (χ2v) is 8.57. The summed E-state index contributed by atoms with van der Waals surface area (Å²) in [4.78, 5) is 23.2. The number of ether oxygens (including phenoxy) is 1. The zero-order valence-electron chi connectivity index (χ0n) is 16.5. The smallest absolute Gasteiger partial charge is 0.230 e. The summed E-state index contributed by atoms with van der Waals surface area (Å²) < 4.78 is 5.35. The number of methoxy groups -OCH3 is 1. The number of rotatable bonds is 8. The van der Waals surface area contributed by atoms with Crippen molar-refractivity contribution in [1.29, 1.82) is 0 Å². The average molecular weight is 436 g/mol. The van der Waals surface area contributed by atoms with Crippen LogP contribution in [0.15, 0.2) is 72.0 Å². The highest BCUT2D eigenvalue weighted by molar-refractivity contribution is 8.00. The second kappa shape index (κ2) is 9.73. The molecule has 1 N–H and O–H groups in total. The number of nitrogens with one attached hydrogen (secondary N) is 1. The molecule has 4 rings (SSSR count). The van der Waals surface area contributed by atoms with Gasteiger partial charge in [-0.2, -0.15) is 0 Å². The van der Waals surface area contributed by atoms with Crippen LogP contribution in [0.5, 0.6) is 5.75 Å². The minimum absolute atomic E-state index is 0.0137. The lowest BCUT2D eigenvalue weighted by atomic mass is 10.1. The number of carbonyl (C=O) groups excluding carboxylic acids is 1. The third-order valence-electron chi connectivity index (χ3n) is 4.60. The lowest BCUT2D eigenvalue weighted by molar-refractivity contribution is -0.118. The normalized spacial score (nSPS) is 10.8. The first-order valence-corrected chi connectivity index (χ1v) is 11.4. The molecule has 0 aliphatic heterocycles. The molecule has 30 heavy (non-hydrogen) atoms. The number of para-hydroxylation sites is 1. The molecule has 2 aromatic carbocycles. The van der Waals surface area contributed by atoms with Gasteiger partial charge >= 0.3 is 0 Å². The van der Waals surface area contributed by atoms with Gasteiger partial charge in [-0.15, -0.1) is 11.3 Å². The van der Waals surface area contributed by atoms with Crippen LogP contribution in [0.25, 0.3) is 20.7 Å². The van der Waals surface area contributed by atoms with Gasteiger partial charge < -0.3 is 10.1 Å². The van der Waals surface area contributed by atoms with Crippen molar-refractivity contribution in [3.05, 3.63) is 72.6 Å². The van der Waals surface area contributed by atoms with Crippen LogP contribution in [0.4, 0.5) is 0 Å². The van der Waals surface area contributed by atoms with Crippen LogP contribution in [-0.4, -0.2) is 35.3 Å². The highest BCUT2D eigenvalue weighted by Crippen LogP contribution is 2.35. The van der Waals surface area contributed by atoms with E-state index in [9.17, 15) is 4.79 Å². The number of hydrogen-bond acceptors (Lipinski definition) is 6. The molecule has 0 fully saturated rings. The molecule has 0 atom stereocenters. The first kappa shape index (κ1) is 20.4. The van der Waals surface area contributed by atoms with E-state index in [1.165, 1.54) is 11.8 Å². The number of nitrogens with zero attached hydrogens (tertiary/aromatic N) is 2. The van der Waals surface area contributed by atoms with Crippen molar-refractivity contribution >= 4 is 39.2 Å². The summed E-state index contributed by atoms with van der Waals surface area (Å²) in [5.74, 6) is 1.14. The minimum atomic E-state index is -0.0137. The molecule has 4 aromatic rings. The zero-order valence-corrected chi connectivity index (χ0v) is 18.1. The molecule has 0 saturated carbocycles. The van der Waals surface area contributed by atoms with Crippen LogP contribution in [0.2, 0.25) is 0 Å². The van der Waals surface area contributed by atoms with Crippen molar-refractivity contribution in [2.24, 2.45) is 0 Å². The zero-order chi connectivity index (χ0) is 20.8. The Hall–Kier alpha value is -2.90. The number of benzene rings is 2. The molecule has 0 bridgehead atoms. The number of thioether (sulfide) groups is 1. The summed E-state index contributed by atoms with van der Waals surface area (Å²) in [5, 5.41) is 4.80. The number of fused-ring (bicyclic) bond motifs is 1. The number of hydrogen-bond donors (Lipinski definition) is 1. The molecule has 0 saturated heterocycles. The average Bonchev–Trinajstić information content (AvgIpc) is 3.24. The van der Waals surface area contributed by atoms with Crippen LogP contribution in [-0.2, 0) is 11.2 Å². The van der Waals surface area contributed by atoms with Gasteiger partial charge in [0.05, 0.1) is 12.9 Å². The van der Waals surface area contributed by atoms with E-state index in [-0.39, 0.29) is 5.91 Å². The Labute approximate surface area is 183 Å². The van der Waals surface area contributed by atoms with Crippen LogP contribution >= 0.6 is 23.1 Å². The van der Waals surface area contributed by atoms with Crippen LogP contribution in [0.1, 0.15) is 5.56 Å². The van der Waals surface area contributed by atoms with Gasteiger partial charge in [-0.1, -0.05) is 60.3 Å². The van der Waals surface area contributed by atoms with Crippen molar-refractivity contribution < 1.29 is 9.53 Å². The maximum atomic E-state index is 12.3. The van der Waals surface area contributed by atoms with Crippen LogP contribution < -0.4 is 10.1 Å². The number of carbonyl (C=O) groups is 1. The number of thiophene rings is 1. The first-order valence-electron chi connectivity index (χ1n) is 9.56. The van der Waals surface area contributed by atoms with E-state index < -0.39 is 0 Å².